The molecular weight excluding hydrogens is 553 g/mol. The van der Waals surface area contributed by atoms with Crippen LogP contribution >= 0.6 is 0 Å². The van der Waals surface area contributed by atoms with Crippen molar-refractivity contribution in [3.8, 4) is 33.6 Å². The van der Waals surface area contributed by atoms with Crippen LogP contribution in [0, 0.1) is 5.82 Å². The molecule has 10 heteroatoms. The minimum Gasteiger partial charge on any atom is -0.384 e. The minimum absolute atomic E-state index is 0.289. The highest BCUT2D eigenvalue weighted by molar-refractivity contribution is 6.00. The van der Waals surface area contributed by atoms with Crippen molar-refractivity contribution in [1.29, 1.82) is 0 Å². The first-order valence-corrected chi connectivity index (χ1v) is 15.2. The standard InChI is InChI=1S/C34H36FN9/c1-43(2)11-8-37-27-14-23(13-26(35)16-27)28-6-7-38-33-29(28)17-31(40-33)32-30-15-25(20-39-34(30)42-41-32)24-12-22(18-36-19-24)21-44-9-4-3-5-10-44/h6-7,12-20,37H,3-5,8-11,21H2,1-2H3,(H,38,40)(H,39,41,42). The van der Waals surface area contributed by atoms with Gasteiger partial charge in [-0.2, -0.15) is 5.10 Å². The van der Waals surface area contributed by atoms with E-state index < -0.39 is 0 Å². The van der Waals surface area contributed by atoms with E-state index >= 15 is 0 Å². The number of nitrogens with zero attached hydrogens (tertiary/aromatic N) is 6. The van der Waals surface area contributed by atoms with Crippen molar-refractivity contribution in [2.45, 2.75) is 25.8 Å². The van der Waals surface area contributed by atoms with E-state index in [2.05, 4.69) is 57.4 Å². The number of likely N-dealkylation sites (tertiary alicyclic amines) is 1. The first-order valence-electron chi connectivity index (χ1n) is 15.2. The Balaban J connectivity index is 1.21. The monoisotopic (exact) mass is 589 g/mol. The fourth-order valence-corrected chi connectivity index (χ4v) is 6.05. The maximum absolute atomic E-state index is 14.7. The summed E-state index contributed by atoms with van der Waals surface area (Å²) < 4.78 is 14.7. The molecule has 6 heterocycles. The van der Waals surface area contributed by atoms with Crippen LogP contribution in [-0.2, 0) is 6.54 Å². The van der Waals surface area contributed by atoms with Gasteiger partial charge < -0.3 is 15.2 Å². The lowest BCUT2D eigenvalue weighted by atomic mass is 10.0. The van der Waals surface area contributed by atoms with Gasteiger partial charge in [0.2, 0.25) is 0 Å². The summed E-state index contributed by atoms with van der Waals surface area (Å²) in [6, 6.07) is 13.4. The number of hydrogen-bond acceptors (Lipinski definition) is 7. The summed E-state index contributed by atoms with van der Waals surface area (Å²) in [5.74, 6) is -0.289. The van der Waals surface area contributed by atoms with Gasteiger partial charge in [-0.1, -0.05) is 6.42 Å². The Labute approximate surface area is 255 Å². The third-order valence-corrected chi connectivity index (χ3v) is 8.29. The number of piperidine rings is 1. The number of anilines is 1. The number of H-pyrrole nitrogens is 2. The third-order valence-electron chi connectivity index (χ3n) is 8.29. The Morgan fingerprint density at radius 2 is 1.77 bits per heavy atom. The van der Waals surface area contributed by atoms with Crippen LogP contribution in [0.4, 0.5) is 10.1 Å². The van der Waals surface area contributed by atoms with Crippen LogP contribution in [0.2, 0.25) is 0 Å². The molecule has 0 amide bonds. The largest absolute Gasteiger partial charge is 0.384 e. The fraction of sp³-hybridized carbons (Fsp3) is 0.294. The Hall–Kier alpha value is -4.67. The quantitative estimate of drug-likeness (QED) is 0.181. The van der Waals surface area contributed by atoms with Gasteiger partial charge in [0, 0.05) is 72.0 Å². The van der Waals surface area contributed by atoms with Gasteiger partial charge in [0.15, 0.2) is 5.65 Å². The molecule has 0 saturated carbocycles. The molecule has 44 heavy (non-hydrogen) atoms. The fourth-order valence-electron chi connectivity index (χ4n) is 6.05. The second-order valence-corrected chi connectivity index (χ2v) is 11.9. The molecule has 6 aromatic rings. The van der Waals surface area contributed by atoms with E-state index in [0.29, 0.717) is 11.3 Å². The summed E-state index contributed by atoms with van der Waals surface area (Å²) >= 11 is 0. The zero-order chi connectivity index (χ0) is 30.0. The number of aromatic nitrogens is 6. The molecule has 1 saturated heterocycles. The molecule has 7 rings (SSSR count). The Kier molecular flexibility index (Phi) is 7.76. The second kappa shape index (κ2) is 12.1. The minimum atomic E-state index is -0.289. The van der Waals surface area contributed by atoms with E-state index in [-0.39, 0.29) is 5.82 Å². The van der Waals surface area contributed by atoms with E-state index in [4.69, 9.17) is 0 Å². The van der Waals surface area contributed by atoms with Crippen LogP contribution < -0.4 is 5.32 Å². The van der Waals surface area contributed by atoms with Crippen molar-refractivity contribution in [3.63, 3.8) is 0 Å². The van der Waals surface area contributed by atoms with Crippen LogP contribution in [0.3, 0.4) is 0 Å². The highest BCUT2D eigenvalue weighted by Gasteiger charge is 2.17. The number of aromatic amines is 2. The number of benzene rings is 1. The van der Waals surface area contributed by atoms with Gasteiger partial charge in [0.05, 0.1) is 11.4 Å². The van der Waals surface area contributed by atoms with Crippen molar-refractivity contribution < 1.29 is 4.39 Å². The maximum atomic E-state index is 14.7. The highest BCUT2D eigenvalue weighted by atomic mass is 19.1. The van der Waals surface area contributed by atoms with Crippen molar-refractivity contribution >= 4 is 27.8 Å². The summed E-state index contributed by atoms with van der Waals surface area (Å²) in [4.78, 5) is 21.8. The number of nitrogens with one attached hydrogen (secondary N) is 3. The number of rotatable bonds is 9. The lowest BCUT2D eigenvalue weighted by Crippen LogP contribution is -2.29. The third kappa shape index (κ3) is 5.91. The highest BCUT2D eigenvalue weighted by Crippen LogP contribution is 2.35. The molecule has 1 aliphatic heterocycles. The smallest absolute Gasteiger partial charge is 0.181 e. The Bertz CT molecular complexity index is 1920. The average molecular weight is 590 g/mol. The van der Waals surface area contributed by atoms with Gasteiger partial charge in [-0.25, -0.2) is 14.4 Å². The molecule has 224 valence electrons. The van der Waals surface area contributed by atoms with Crippen molar-refractivity contribution in [2.75, 3.05) is 45.6 Å². The molecule has 1 aliphatic rings. The van der Waals surface area contributed by atoms with Crippen molar-refractivity contribution in [1.82, 2.24) is 39.9 Å². The number of halogens is 1. The van der Waals surface area contributed by atoms with Gasteiger partial charge in [0.25, 0.3) is 0 Å². The molecule has 0 aliphatic carbocycles. The predicted molar refractivity (Wildman–Crippen MR) is 174 cm³/mol. The summed E-state index contributed by atoms with van der Waals surface area (Å²) in [6.07, 6.45) is 11.3. The molecule has 3 N–H and O–H groups in total. The van der Waals surface area contributed by atoms with Crippen molar-refractivity contribution in [3.05, 3.63) is 78.6 Å². The van der Waals surface area contributed by atoms with Crippen molar-refractivity contribution in [2.24, 2.45) is 0 Å². The Morgan fingerprint density at radius 1 is 0.909 bits per heavy atom. The van der Waals surface area contributed by atoms with E-state index in [0.717, 1.165) is 82.8 Å². The molecule has 9 nitrogen and oxygen atoms in total. The average Bonchev–Trinajstić information content (AvgIpc) is 3.65. The van der Waals surface area contributed by atoms with Crippen LogP contribution in [0.25, 0.3) is 55.7 Å². The van der Waals surface area contributed by atoms with Crippen LogP contribution in [0.15, 0.2) is 67.3 Å². The molecule has 1 aromatic carbocycles. The maximum Gasteiger partial charge on any atom is 0.181 e. The SMILES string of the molecule is CN(C)CCNc1cc(F)cc(-c2ccnc3[nH]c(-c4[nH]nc5ncc(-c6cncc(CN7CCCCC7)c6)cc45)cc23)c1. The number of pyridine rings is 3. The topological polar surface area (TPSA) is 102 Å². The predicted octanol–water partition coefficient (Wildman–Crippen LogP) is 6.33. The van der Waals surface area contributed by atoms with E-state index in [1.165, 1.54) is 30.9 Å². The number of fused-ring (bicyclic) bond motifs is 2. The molecule has 1 fully saturated rings. The van der Waals surface area contributed by atoms with Gasteiger partial charge in [-0.15, -0.1) is 0 Å². The van der Waals surface area contributed by atoms with Gasteiger partial charge in [0.1, 0.15) is 11.5 Å². The normalized spacial score (nSPS) is 14.2. The van der Waals surface area contributed by atoms with Crippen LogP contribution in [-0.4, -0.2) is 80.2 Å². The van der Waals surface area contributed by atoms with Crippen LogP contribution in [0.1, 0.15) is 24.8 Å². The van der Waals surface area contributed by atoms with Gasteiger partial charge >= 0.3 is 0 Å². The first kappa shape index (κ1) is 28.1. The molecule has 0 radical (unpaired) electrons. The number of hydrogen-bond donors (Lipinski definition) is 3. The van der Waals surface area contributed by atoms with Gasteiger partial charge in [-0.05, 0) is 99.2 Å². The molecular formula is C34H36FN9. The molecule has 0 spiro atoms. The zero-order valence-electron chi connectivity index (χ0n) is 25.1. The lowest BCUT2D eigenvalue weighted by molar-refractivity contribution is 0.220. The van der Waals surface area contributed by atoms with E-state index in [9.17, 15) is 4.39 Å². The summed E-state index contributed by atoms with van der Waals surface area (Å²) in [7, 11) is 4.03. The van der Waals surface area contributed by atoms with Gasteiger partial charge in [-0.3, -0.25) is 15.0 Å². The molecule has 5 aromatic heterocycles. The summed E-state index contributed by atoms with van der Waals surface area (Å²) in [5.41, 5.74) is 8.64. The second-order valence-electron chi connectivity index (χ2n) is 11.9. The molecule has 0 atom stereocenters. The summed E-state index contributed by atoms with van der Waals surface area (Å²) in [5, 5.41) is 12.8. The molecule has 0 unspecified atom stereocenters. The zero-order valence-corrected chi connectivity index (χ0v) is 25.1. The first-order chi connectivity index (χ1) is 21.5. The summed E-state index contributed by atoms with van der Waals surface area (Å²) in [6.45, 7) is 4.77. The van der Waals surface area contributed by atoms with Crippen LogP contribution in [0.5, 0.6) is 0 Å². The number of likely N-dealkylation sites (N-methyl/N-ethyl adjacent to an activating group) is 1. The Morgan fingerprint density at radius 3 is 2.64 bits per heavy atom. The molecule has 0 bridgehead atoms. The van der Waals surface area contributed by atoms with E-state index in [1.807, 2.05) is 50.9 Å². The lowest BCUT2D eigenvalue weighted by Gasteiger charge is -2.26. The van der Waals surface area contributed by atoms with E-state index in [1.54, 1.807) is 12.3 Å².